The van der Waals surface area contributed by atoms with E-state index < -0.39 is 17.7 Å². The molecule has 1 fully saturated rings. The maximum atomic E-state index is 12.8. The average Bonchev–Trinajstić information content (AvgIpc) is 2.72. The van der Waals surface area contributed by atoms with Gasteiger partial charge in [0.15, 0.2) is 0 Å². The molecule has 1 aliphatic heterocycles. The molecule has 2 amide bonds. The summed E-state index contributed by atoms with van der Waals surface area (Å²) in [7, 11) is 0. The highest BCUT2D eigenvalue weighted by atomic mass is 16.6. The van der Waals surface area contributed by atoms with Crippen LogP contribution < -0.4 is 15.5 Å². The first-order valence-electron chi connectivity index (χ1n) is 9.91. The van der Waals surface area contributed by atoms with E-state index in [1.54, 1.807) is 0 Å². The number of fused-ring (bicyclic) bond motifs is 1. The number of rotatable bonds is 2. The molecule has 0 aromatic heterocycles. The molecule has 1 aliphatic carbocycles. The zero-order chi connectivity index (χ0) is 19.6. The van der Waals surface area contributed by atoms with Crippen molar-refractivity contribution in [1.29, 1.82) is 0 Å². The SMILES string of the molecule is Cc1cccc2c1N(C1CCCCC1)C[C@@H](NC(=O)OC(C)(C)C)C(=O)N2. The molecule has 2 N–H and O–H groups in total. The van der Waals surface area contributed by atoms with E-state index in [9.17, 15) is 9.59 Å². The Kier molecular flexibility index (Phi) is 5.63. The fraction of sp³-hybridized carbons (Fsp3) is 0.619. The minimum absolute atomic E-state index is 0.203. The number of nitrogens with zero attached hydrogens (tertiary/aromatic N) is 1. The van der Waals surface area contributed by atoms with E-state index in [1.165, 1.54) is 19.3 Å². The summed E-state index contributed by atoms with van der Waals surface area (Å²) in [4.78, 5) is 27.4. The molecule has 2 aliphatic rings. The van der Waals surface area contributed by atoms with Gasteiger partial charge in [-0.05, 0) is 52.2 Å². The summed E-state index contributed by atoms with van der Waals surface area (Å²) < 4.78 is 5.36. The molecule has 148 valence electrons. The van der Waals surface area contributed by atoms with Crippen molar-refractivity contribution in [3.8, 4) is 0 Å². The van der Waals surface area contributed by atoms with Crippen LogP contribution in [0.2, 0.25) is 0 Å². The fourth-order valence-electron chi connectivity index (χ4n) is 4.02. The number of hydrogen-bond acceptors (Lipinski definition) is 4. The van der Waals surface area contributed by atoms with Crippen LogP contribution in [0.1, 0.15) is 58.4 Å². The highest BCUT2D eigenvalue weighted by Crippen LogP contribution is 2.36. The molecule has 0 bridgehead atoms. The highest BCUT2D eigenvalue weighted by Gasteiger charge is 2.34. The Balaban J connectivity index is 1.87. The van der Waals surface area contributed by atoms with Gasteiger partial charge in [0.05, 0.1) is 11.4 Å². The van der Waals surface area contributed by atoms with E-state index in [-0.39, 0.29) is 5.91 Å². The minimum atomic E-state index is -0.659. The second kappa shape index (κ2) is 7.79. The lowest BCUT2D eigenvalue weighted by Gasteiger charge is -2.38. The quantitative estimate of drug-likeness (QED) is 0.823. The van der Waals surface area contributed by atoms with Gasteiger partial charge in [0.1, 0.15) is 11.6 Å². The summed E-state index contributed by atoms with van der Waals surface area (Å²) in [6, 6.07) is 5.69. The van der Waals surface area contributed by atoms with Gasteiger partial charge in [0, 0.05) is 12.6 Å². The highest BCUT2D eigenvalue weighted by molar-refractivity contribution is 6.01. The van der Waals surface area contributed by atoms with E-state index in [4.69, 9.17) is 4.74 Å². The van der Waals surface area contributed by atoms with Gasteiger partial charge in [-0.2, -0.15) is 0 Å². The van der Waals surface area contributed by atoms with Gasteiger partial charge in [0.2, 0.25) is 5.91 Å². The van der Waals surface area contributed by atoms with Crippen molar-refractivity contribution in [1.82, 2.24) is 5.32 Å². The molecular formula is C21H31N3O3. The number of carbonyl (C=O) groups excluding carboxylic acids is 2. The third kappa shape index (κ3) is 4.73. The monoisotopic (exact) mass is 373 g/mol. The standard InChI is InChI=1S/C21H31N3O3/c1-14-9-8-12-16-18(14)24(15-10-6-5-7-11-15)13-17(19(25)22-16)23-20(26)27-21(2,3)4/h8-9,12,15,17H,5-7,10-11,13H2,1-4H3,(H,22,25)(H,23,26)/t17-/m1/s1. The summed E-state index contributed by atoms with van der Waals surface area (Å²) in [5, 5.41) is 5.77. The number of benzene rings is 1. The van der Waals surface area contributed by atoms with Crippen molar-refractivity contribution in [2.75, 3.05) is 16.8 Å². The Labute approximate surface area is 161 Å². The van der Waals surface area contributed by atoms with Crippen molar-refractivity contribution in [2.24, 2.45) is 0 Å². The summed E-state index contributed by atoms with van der Waals surface area (Å²) in [5.74, 6) is -0.203. The smallest absolute Gasteiger partial charge is 0.408 e. The van der Waals surface area contributed by atoms with Crippen LogP contribution in [0.25, 0.3) is 0 Å². The number of para-hydroxylation sites is 1. The summed E-state index contributed by atoms with van der Waals surface area (Å²) >= 11 is 0. The van der Waals surface area contributed by atoms with E-state index >= 15 is 0 Å². The summed E-state index contributed by atoms with van der Waals surface area (Å²) in [6.45, 7) is 7.96. The predicted octanol–water partition coefficient (Wildman–Crippen LogP) is 3.98. The molecule has 0 saturated heterocycles. The first-order valence-corrected chi connectivity index (χ1v) is 9.91. The molecule has 0 spiro atoms. The van der Waals surface area contributed by atoms with Crippen LogP contribution in [0.3, 0.4) is 0 Å². The largest absolute Gasteiger partial charge is 0.444 e. The normalized spacial score (nSPS) is 21.1. The third-order valence-electron chi connectivity index (χ3n) is 5.19. The molecule has 3 rings (SSSR count). The fourth-order valence-corrected chi connectivity index (χ4v) is 4.02. The number of anilines is 2. The molecule has 1 aromatic carbocycles. The predicted molar refractivity (Wildman–Crippen MR) is 107 cm³/mol. The lowest BCUT2D eigenvalue weighted by molar-refractivity contribution is -0.117. The maximum absolute atomic E-state index is 12.8. The first kappa shape index (κ1) is 19.5. The molecule has 1 saturated carbocycles. The van der Waals surface area contributed by atoms with Crippen molar-refractivity contribution in [2.45, 2.75) is 77.5 Å². The molecular weight excluding hydrogens is 342 g/mol. The summed E-state index contributed by atoms with van der Waals surface area (Å²) in [6.07, 6.45) is 5.33. The van der Waals surface area contributed by atoms with Gasteiger partial charge in [-0.3, -0.25) is 4.79 Å². The molecule has 27 heavy (non-hydrogen) atoms. The average molecular weight is 373 g/mol. The Morgan fingerprint density at radius 2 is 1.93 bits per heavy atom. The van der Waals surface area contributed by atoms with Crippen LogP contribution in [-0.4, -0.2) is 36.2 Å². The number of nitrogens with one attached hydrogen (secondary N) is 2. The van der Waals surface area contributed by atoms with Crippen LogP contribution in [0.5, 0.6) is 0 Å². The maximum Gasteiger partial charge on any atom is 0.408 e. The van der Waals surface area contributed by atoms with Crippen molar-refractivity contribution >= 4 is 23.4 Å². The Morgan fingerprint density at radius 1 is 1.22 bits per heavy atom. The van der Waals surface area contributed by atoms with Gasteiger partial charge >= 0.3 is 6.09 Å². The molecule has 1 heterocycles. The van der Waals surface area contributed by atoms with Crippen LogP contribution in [0.4, 0.5) is 16.2 Å². The second-order valence-electron chi connectivity index (χ2n) is 8.60. The molecule has 1 atom stereocenters. The van der Waals surface area contributed by atoms with Crippen molar-refractivity contribution in [3.05, 3.63) is 23.8 Å². The lowest BCUT2D eigenvalue weighted by atomic mass is 9.93. The minimum Gasteiger partial charge on any atom is -0.444 e. The van der Waals surface area contributed by atoms with Crippen LogP contribution in [-0.2, 0) is 9.53 Å². The molecule has 0 radical (unpaired) electrons. The van der Waals surface area contributed by atoms with Gasteiger partial charge in [-0.25, -0.2) is 4.79 Å². The van der Waals surface area contributed by atoms with Gasteiger partial charge in [-0.15, -0.1) is 0 Å². The summed E-state index contributed by atoms with van der Waals surface area (Å²) in [5.41, 5.74) is 2.43. The molecule has 6 heteroatoms. The van der Waals surface area contributed by atoms with Crippen molar-refractivity contribution < 1.29 is 14.3 Å². The van der Waals surface area contributed by atoms with E-state index in [1.807, 2.05) is 32.9 Å². The number of alkyl carbamates (subject to hydrolysis) is 1. The number of carbonyl (C=O) groups is 2. The zero-order valence-corrected chi connectivity index (χ0v) is 16.8. The zero-order valence-electron chi connectivity index (χ0n) is 16.8. The lowest BCUT2D eigenvalue weighted by Crippen LogP contribution is -2.52. The molecule has 6 nitrogen and oxygen atoms in total. The van der Waals surface area contributed by atoms with E-state index in [0.29, 0.717) is 12.6 Å². The Hall–Kier alpha value is -2.24. The van der Waals surface area contributed by atoms with E-state index in [2.05, 4.69) is 28.5 Å². The van der Waals surface area contributed by atoms with Crippen LogP contribution in [0.15, 0.2) is 18.2 Å². The topological polar surface area (TPSA) is 70.7 Å². The van der Waals surface area contributed by atoms with Gasteiger partial charge in [-0.1, -0.05) is 31.4 Å². The number of amides is 2. The molecule has 0 unspecified atom stereocenters. The van der Waals surface area contributed by atoms with Gasteiger partial charge < -0.3 is 20.3 Å². The van der Waals surface area contributed by atoms with Crippen LogP contribution in [0, 0.1) is 6.92 Å². The molecule has 1 aromatic rings. The third-order valence-corrected chi connectivity index (χ3v) is 5.19. The first-order chi connectivity index (χ1) is 12.7. The van der Waals surface area contributed by atoms with E-state index in [0.717, 1.165) is 29.8 Å². The Bertz CT molecular complexity index is 705. The number of ether oxygens (including phenoxy) is 1. The Morgan fingerprint density at radius 3 is 2.59 bits per heavy atom. The van der Waals surface area contributed by atoms with Gasteiger partial charge in [0.25, 0.3) is 0 Å². The second-order valence-corrected chi connectivity index (χ2v) is 8.60. The number of hydrogen-bond donors (Lipinski definition) is 2. The van der Waals surface area contributed by atoms with Crippen molar-refractivity contribution in [3.63, 3.8) is 0 Å². The van der Waals surface area contributed by atoms with Crippen LogP contribution >= 0.6 is 0 Å². The number of aryl methyl sites for hydroxylation is 1.